The standard InChI is InChI=1S/C13H11Br2NO2S/c14-9-6-11(19-12(9)15)13(18)16-10(7-17)8-4-2-1-3-5-8/h1-6,10,17H,7H2,(H,16,18). The summed E-state index contributed by atoms with van der Waals surface area (Å²) < 4.78 is 1.72. The molecular formula is C13H11Br2NO2S. The van der Waals surface area contributed by atoms with Crippen molar-refractivity contribution >= 4 is 49.1 Å². The molecule has 1 amide bonds. The zero-order valence-electron chi connectivity index (χ0n) is 9.77. The van der Waals surface area contributed by atoms with Crippen LogP contribution in [0, 0.1) is 0 Å². The van der Waals surface area contributed by atoms with Gasteiger partial charge >= 0.3 is 0 Å². The van der Waals surface area contributed by atoms with Crippen LogP contribution in [0.25, 0.3) is 0 Å². The van der Waals surface area contributed by atoms with E-state index in [0.29, 0.717) is 4.88 Å². The molecule has 0 aliphatic rings. The summed E-state index contributed by atoms with van der Waals surface area (Å²) in [7, 11) is 0. The first-order valence-corrected chi connectivity index (χ1v) is 7.93. The van der Waals surface area contributed by atoms with Crippen LogP contribution in [0.1, 0.15) is 21.3 Å². The molecule has 1 heterocycles. The molecule has 0 aliphatic carbocycles. The molecule has 2 N–H and O–H groups in total. The number of carbonyl (C=O) groups is 1. The maximum Gasteiger partial charge on any atom is 0.261 e. The third kappa shape index (κ3) is 3.66. The van der Waals surface area contributed by atoms with E-state index in [9.17, 15) is 9.90 Å². The van der Waals surface area contributed by atoms with Gasteiger partial charge < -0.3 is 10.4 Å². The van der Waals surface area contributed by atoms with Crippen LogP contribution >= 0.6 is 43.2 Å². The first-order chi connectivity index (χ1) is 9.11. The highest BCUT2D eigenvalue weighted by Gasteiger charge is 2.17. The Morgan fingerprint density at radius 1 is 1.32 bits per heavy atom. The van der Waals surface area contributed by atoms with Crippen LogP contribution in [0.15, 0.2) is 44.7 Å². The van der Waals surface area contributed by atoms with Crippen LogP contribution in [0.4, 0.5) is 0 Å². The summed E-state index contributed by atoms with van der Waals surface area (Å²) in [6, 6.07) is 10.8. The molecule has 0 radical (unpaired) electrons. The number of aliphatic hydroxyl groups is 1. The fourth-order valence-corrected chi connectivity index (χ4v) is 3.55. The molecule has 0 saturated heterocycles. The Hall–Kier alpha value is -0.690. The van der Waals surface area contributed by atoms with Crippen molar-refractivity contribution in [3.05, 3.63) is 55.1 Å². The smallest absolute Gasteiger partial charge is 0.261 e. The molecule has 0 fully saturated rings. The zero-order valence-corrected chi connectivity index (χ0v) is 13.8. The fourth-order valence-electron chi connectivity index (χ4n) is 1.61. The van der Waals surface area contributed by atoms with Crippen molar-refractivity contribution in [3.63, 3.8) is 0 Å². The first-order valence-electron chi connectivity index (χ1n) is 5.53. The molecule has 0 aliphatic heterocycles. The van der Waals surface area contributed by atoms with E-state index in [1.165, 1.54) is 11.3 Å². The highest BCUT2D eigenvalue weighted by atomic mass is 79.9. The largest absolute Gasteiger partial charge is 0.394 e. The minimum atomic E-state index is -0.395. The number of thiophene rings is 1. The van der Waals surface area contributed by atoms with Crippen molar-refractivity contribution in [2.45, 2.75) is 6.04 Å². The normalized spacial score (nSPS) is 12.2. The Balaban J connectivity index is 2.13. The first kappa shape index (κ1) is 14.7. The third-order valence-electron chi connectivity index (χ3n) is 2.56. The van der Waals surface area contributed by atoms with Crippen molar-refractivity contribution in [2.24, 2.45) is 0 Å². The van der Waals surface area contributed by atoms with Gasteiger partial charge in [-0.2, -0.15) is 0 Å². The fraction of sp³-hybridized carbons (Fsp3) is 0.154. The van der Waals surface area contributed by atoms with E-state index in [0.717, 1.165) is 13.8 Å². The number of hydrogen-bond donors (Lipinski definition) is 2. The molecule has 3 nitrogen and oxygen atoms in total. The lowest BCUT2D eigenvalue weighted by Crippen LogP contribution is -2.30. The lowest BCUT2D eigenvalue weighted by molar-refractivity contribution is 0.0920. The Kier molecular flexibility index (Phi) is 5.15. The van der Waals surface area contributed by atoms with Gasteiger partial charge in [0.15, 0.2) is 0 Å². The number of rotatable bonds is 4. The lowest BCUT2D eigenvalue weighted by atomic mass is 10.1. The van der Waals surface area contributed by atoms with Gasteiger partial charge in [-0.05, 0) is 43.5 Å². The van der Waals surface area contributed by atoms with Gasteiger partial charge in [-0.15, -0.1) is 11.3 Å². The molecule has 2 rings (SSSR count). The monoisotopic (exact) mass is 403 g/mol. The highest BCUT2D eigenvalue weighted by molar-refractivity contribution is 9.13. The van der Waals surface area contributed by atoms with Gasteiger partial charge in [0.05, 0.1) is 21.3 Å². The van der Waals surface area contributed by atoms with Gasteiger partial charge in [-0.3, -0.25) is 4.79 Å². The molecule has 6 heteroatoms. The molecule has 0 bridgehead atoms. The number of aliphatic hydroxyl groups excluding tert-OH is 1. The van der Waals surface area contributed by atoms with Crippen LogP contribution < -0.4 is 5.32 Å². The molecule has 1 unspecified atom stereocenters. The van der Waals surface area contributed by atoms with Crippen molar-refractivity contribution in [3.8, 4) is 0 Å². The molecule has 0 saturated carbocycles. The Morgan fingerprint density at radius 2 is 2.00 bits per heavy atom. The van der Waals surface area contributed by atoms with Crippen molar-refractivity contribution in [1.29, 1.82) is 0 Å². The molecule has 19 heavy (non-hydrogen) atoms. The number of hydrogen-bond acceptors (Lipinski definition) is 3. The van der Waals surface area contributed by atoms with Gasteiger partial charge in [-0.1, -0.05) is 30.3 Å². The quantitative estimate of drug-likeness (QED) is 0.815. The van der Waals surface area contributed by atoms with E-state index in [1.807, 2.05) is 30.3 Å². The van der Waals surface area contributed by atoms with E-state index in [2.05, 4.69) is 37.2 Å². The van der Waals surface area contributed by atoms with Crippen LogP contribution in [0.5, 0.6) is 0 Å². The summed E-state index contributed by atoms with van der Waals surface area (Å²) in [4.78, 5) is 12.7. The third-order valence-corrected chi connectivity index (χ3v) is 5.81. The van der Waals surface area contributed by atoms with E-state index in [1.54, 1.807) is 6.07 Å². The van der Waals surface area contributed by atoms with Gasteiger partial charge in [0, 0.05) is 4.47 Å². The van der Waals surface area contributed by atoms with Gasteiger partial charge in [-0.25, -0.2) is 0 Å². The topological polar surface area (TPSA) is 49.3 Å². The Morgan fingerprint density at radius 3 is 2.53 bits per heavy atom. The second-order valence-corrected chi connectivity index (χ2v) is 7.08. The van der Waals surface area contributed by atoms with Gasteiger partial charge in [0.1, 0.15) is 0 Å². The predicted octanol–water partition coefficient (Wildman–Crippen LogP) is 3.74. The average molecular weight is 405 g/mol. The SMILES string of the molecule is O=C(NC(CO)c1ccccc1)c1cc(Br)c(Br)s1. The molecular weight excluding hydrogens is 394 g/mol. The number of benzene rings is 1. The number of halogens is 2. The molecule has 100 valence electrons. The summed E-state index contributed by atoms with van der Waals surface area (Å²) in [6.45, 7) is -0.135. The molecule has 2 aromatic rings. The number of nitrogens with one attached hydrogen (secondary N) is 1. The summed E-state index contributed by atoms with van der Waals surface area (Å²) in [5, 5.41) is 12.2. The van der Waals surface area contributed by atoms with E-state index in [4.69, 9.17) is 0 Å². The minimum Gasteiger partial charge on any atom is -0.394 e. The second-order valence-electron chi connectivity index (χ2n) is 3.85. The maximum absolute atomic E-state index is 12.1. The number of carbonyl (C=O) groups excluding carboxylic acids is 1. The lowest BCUT2D eigenvalue weighted by Gasteiger charge is -2.16. The van der Waals surface area contributed by atoms with Gasteiger partial charge in [0.25, 0.3) is 5.91 Å². The van der Waals surface area contributed by atoms with Crippen molar-refractivity contribution in [1.82, 2.24) is 5.32 Å². The highest BCUT2D eigenvalue weighted by Crippen LogP contribution is 2.32. The summed E-state index contributed by atoms with van der Waals surface area (Å²) in [5.74, 6) is -0.195. The van der Waals surface area contributed by atoms with Crippen LogP contribution in [0.3, 0.4) is 0 Å². The summed E-state index contributed by atoms with van der Waals surface area (Å²) in [6.07, 6.45) is 0. The van der Waals surface area contributed by atoms with Crippen LogP contribution in [-0.4, -0.2) is 17.6 Å². The molecule has 1 aromatic heterocycles. The summed E-state index contributed by atoms with van der Waals surface area (Å²) in [5.41, 5.74) is 0.882. The molecule has 1 aromatic carbocycles. The summed E-state index contributed by atoms with van der Waals surface area (Å²) >= 11 is 8.05. The van der Waals surface area contributed by atoms with Gasteiger partial charge in [0.2, 0.25) is 0 Å². The molecule has 0 spiro atoms. The number of amides is 1. The Bertz CT molecular complexity index is 552. The predicted molar refractivity (Wildman–Crippen MR) is 83.5 cm³/mol. The van der Waals surface area contributed by atoms with E-state index < -0.39 is 6.04 Å². The van der Waals surface area contributed by atoms with E-state index in [-0.39, 0.29) is 12.5 Å². The second kappa shape index (κ2) is 6.65. The Labute approximate surface area is 131 Å². The van der Waals surface area contributed by atoms with Crippen LogP contribution in [-0.2, 0) is 0 Å². The maximum atomic E-state index is 12.1. The van der Waals surface area contributed by atoms with Crippen molar-refractivity contribution in [2.75, 3.05) is 6.61 Å². The van der Waals surface area contributed by atoms with Crippen LogP contribution in [0.2, 0.25) is 0 Å². The molecule has 1 atom stereocenters. The average Bonchev–Trinajstić information content (AvgIpc) is 2.77. The van der Waals surface area contributed by atoms with E-state index >= 15 is 0 Å². The van der Waals surface area contributed by atoms with Crippen molar-refractivity contribution < 1.29 is 9.90 Å². The zero-order chi connectivity index (χ0) is 13.8. The minimum absolute atomic E-state index is 0.135.